The van der Waals surface area contributed by atoms with Gasteiger partial charge in [0.05, 0.1) is 10.9 Å². The maximum absolute atomic E-state index is 12.8. The quantitative estimate of drug-likeness (QED) is 0.577. The van der Waals surface area contributed by atoms with Crippen LogP contribution in [0.4, 0.5) is 0 Å². The standard InChI is InChI=1S/C18H16N6O/c1-22-15-7-3-2-5-13(15)18(25)24(22)16-8-4-6-14(20-16)17-21-19-11-23(17)12-9-10-12/h2-8,11-12H,9-10H2,1H3. The van der Waals surface area contributed by atoms with Crippen LogP contribution in [0.3, 0.4) is 0 Å². The molecule has 0 aliphatic heterocycles. The zero-order valence-corrected chi connectivity index (χ0v) is 13.7. The van der Waals surface area contributed by atoms with Gasteiger partial charge in [0.15, 0.2) is 11.6 Å². The van der Waals surface area contributed by atoms with Gasteiger partial charge >= 0.3 is 0 Å². The average Bonchev–Trinajstić information content (AvgIpc) is 3.31. The highest BCUT2D eigenvalue weighted by molar-refractivity contribution is 5.79. The maximum atomic E-state index is 12.8. The summed E-state index contributed by atoms with van der Waals surface area (Å²) >= 11 is 0. The number of aromatic nitrogens is 6. The van der Waals surface area contributed by atoms with Crippen molar-refractivity contribution in [3.8, 4) is 17.3 Å². The molecule has 7 nitrogen and oxygen atoms in total. The first-order chi connectivity index (χ1) is 12.2. The molecule has 0 N–H and O–H groups in total. The Bertz CT molecular complexity index is 1150. The second kappa shape index (κ2) is 5.14. The van der Waals surface area contributed by atoms with Crippen LogP contribution >= 0.6 is 0 Å². The van der Waals surface area contributed by atoms with E-state index in [-0.39, 0.29) is 5.56 Å². The minimum absolute atomic E-state index is 0.0774. The summed E-state index contributed by atoms with van der Waals surface area (Å²) in [4.78, 5) is 17.5. The molecule has 0 atom stereocenters. The van der Waals surface area contributed by atoms with Gasteiger partial charge in [0.25, 0.3) is 5.56 Å². The summed E-state index contributed by atoms with van der Waals surface area (Å²) in [5.74, 6) is 1.32. The number of rotatable bonds is 3. The minimum Gasteiger partial charge on any atom is -0.309 e. The molecule has 124 valence electrons. The predicted molar refractivity (Wildman–Crippen MR) is 93.6 cm³/mol. The number of nitrogens with zero attached hydrogens (tertiary/aromatic N) is 6. The first-order valence-electron chi connectivity index (χ1n) is 8.28. The molecule has 0 bridgehead atoms. The second-order valence-corrected chi connectivity index (χ2v) is 6.33. The van der Waals surface area contributed by atoms with Crippen LogP contribution in [-0.2, 0) is 7.05 Å². The van der Waals surface area contributed by atoms with Crippen molar-refractivity contribution in [2.24, 2.45) is 7.05 Å². The van der Waals surface area contributed by atoms with E-state index in [1.54, 1.807) is 11.0 Å². The third kappa shape index (κ3) is 2.12. The van der Waals surface area contributed by atoms with Gasteiger partial charge in [0.1, 0.15) is 12.0 Å². The van der Waals surface area contributed by atoms with Crippen LogP contribution in [0.2, 0.25) is 0 Å². The van der Waals surface area contributed by atoms with E-state index in [1.807, 2.05) is 54.2 Å². The molecule has 0 amide bonds. The van der Waals surface area contributed by atoms with Crippen molar-refractivity contribution < 1.29 is 0 Å². The SMILES string of the molecule is Cn1c2ccccc2c(=O)n1-c1cccc(-c2nncn2C2CC2)n1. The third-order valence-electron chi connectivity index (χ3n) is 4.67. The fourth-order valence-electron chi connectivity index (χ4n) is 3.26. The van der Waals surface area contributed by atoms with E-state index in [9.17, 15) is 4.79 Å². The Morgan fingerprint density at radius 2 is 1.92 bits per heavy atom. The summed E-state index contributed by atoms with van der Waals surface area (Å²) in [6.07, 6.45) is 4.05. The Hall–Kier alpha value is -3.22. The van der Waals surface area contributed by atoms with Crippen molar-refractivity contribution in [2.75, 3.05) is 0 Å². The highest BCUT2D eigenvalue weighted by Gasteiger charge is 2.27. The van der Waals surface area contributed by atoms with E-state index < -0.39 is 0 Å². The van der Waals surface area contributed by atoms with Gasteiger partial charge < -0.3 is 4.57 Å². The molecule has 1 fully saturated rings. The number of para-hydroxylation sites is 1. The van der Waals surface area contributed by atoms with Crippen LogP contribution in [0.25, 0.3) is 28.2 Å². The van der Waals surface area contributed by atoms with E-state index >= 15 is 0 Å². The molecule has 3 heterocycles. The molecule has 7 heteroatoms. The number of benzene rings is 1. The molecule has 1 saturated carbocycles. The largest absolute Gasteiger partial charge is 0.309 e. The van der Waals surface area contributed by atoms with E-state index in [2.05, 4.69) is 14.8 Å². The summed E-state index contributed by atoms with van der Waals surface area (Å²) < 4.78 is 5.48. The van der Waals surface area contributed by atoms with Crippen LogP contribution in [0.5, 0.6) is 0 Å². The lowest BCUT2D eigenvalue weighted by atomic mass is 10.2. The van der Waals surface area contributed by atoms with Crippen molar-refractivity contribution in [3.05, 3.63) is 59.1 Å². The summed E-state index contributed by atoms with van der Waals surface area (Å²) in [7, 11) is 1.87. The van der Waals surface area contributed by atoms with Crippen LogP contribution in [0.1, 0.15) is 18.9 Å². The highest BCUT2D eigenvalue weighted by atomic mass is 16.1. The van der Waals surface area contributed by atoms with Gasteiger partial charge in [0, 0.05) is 13.1 Å². The number of aryl methyl sites for hydroxylation is 1. The average molecular weight is 332 g/mol. The van der Waals surface area contributed by atoms with E-state index in [0.29, 0.717) is 17.2 Å². The molecule has 0 spiro atoms. The molecule has 0 unspecified atom stereocenters. The van der Waals surface area contributed by atoms with Crippen molar-refractivity contribution in [1.82, 2.24) is 29.1 Å². The smallest absolute Gasteiger partial charge is 0.280 e. The lowest BCUT2D eigenvalue weighted by Gasteiger charge is -2.09. The summed E-state index contributed by atoms with van der Waals surface area (Å²) in [5.41, 5.74) is 1.52. The molecular weight excluding hydrogens is 316 g/mol. The van der Waals surface area contributed by atoms with Crippen LogP contribution in [0, 0.1) is 0 Å². The van der Waals surface area contributed by atoms with Crippen molar-refractivity contribution in [1.29, 1.82) is 0 Å². The fraction of sp³-hybridized carbons (Fsp3) is 0.222. The van der Waals surface area contributed by atoms with Gasteiger partial charge in [-0.15, -0.1) is 10.2 Å². The predicted octanol–water partition coefficient (Wildman–Crippen LogP) is 2.32. The fourth-order valence-corrected chi connectivity index (χ4v) is 3.26. The van der Waals surface area contributed by atoms with Gasteiger partial charge in [-0.1, -0.05) is 18.2 Å². The summed E-state index contributed by atoms with van der Waals surface area (Å²) in [5, 5.41) is 8.94. The summed E-state index contributed by atoms with van der Waals surface area (Å²) in [6.45, 7) is 0. The Kier molecular flexibility index (Phi) is 2.91. The molecule has 0 radical (unpaired) electrons. The molecule has 5 rings (SSSR count). The summed E-state index contributed by atoms with van der Waals surface area (Å²) in [6, 6.07) is 13.7. The second-order valence-electron chi connectivity index (χ2n) is 6.33. The topological polar surface area (TPSA) is 70.5 Å². The molecule has 1 aliphatic carbocycles. The van der Waals surface area contributed by atoms with Crippen LogP contribution in [-0.4, -0.2) is 29.1 Å². The Morgan fingerprint density at radius 1 is 1.08 bits per heavy atom. The number of fused-ring (bicyclic) bond motifs is 1. The van der Waals surface area contributed by atoms with Gasteiger partial charge in [-0.05, 0) is 37.1 Å². The number of pyridine rings is 1. The maximum Gasteiger partial charge on any atom is 0.280 e. The van der Waals surface area contributed by atoms with Crippen molar-refractivity contribution >= 4 is 10.9 Å². The Balaban J connectivity index is 1.69. The van der Waals surface area contributed by atoms with Crippen LogP contribution in [0.15, 0.2) is 53.6 Å². The molecule has 3 aromatic heterocycles. The van der Waals surface area contributed by atoms with Crippen molar-refractivity contribution in [3.63, 3.8) is 0 Å². The zero-order valence-electron chi connectivity index (χ0n) is 13.7. The highest BCUT2D eigenvalue weighted by Crippen LogP contribution is 2.37. The first-order valence-corrected chi connectivity index (χ1v) is 8.28. The Labute approximate surface area is 143 Å². The van der Waals surface area contributed by atoms with Gasteiger partial charge in [0.2, 0.25) is 0 Å². The minimum atomic E-state index is -0.0774. The van der Waals surface area contributed by atoms with Crippen molar-refractivity contribution in [2.45, 2.75) is 18.9 Å². The molecule has 0 saturated heterocycles. The molecule has 1 aliphatic rings. The van der Waals surface area contributed by atoms with E-state index in [1.165, 1.54) is 0 Å². The number of hydrogen-bond donors (Lipinski definition) is 0. The molecule has 4 aromatic rings. The molecule has 25 heavy (non-hydrogen) atoms. The van der Waals surface area contributed by atoms with Gasteiger partial charge in [-0.25, -0.2) is 4.98 Å². The molecular formula is C18H16N6O. The van der Waals surface area contributed by atoms with E-state index in [0.717, 1.165) is 29.9 Å². The number of hydrogen-bond acceptors (Lipinski definition) is 4. The normalized spacial score (nSPS) is 14.3. The zero-order chi connectivity index (χ0) is 17.0. The first kappa shape index (κ1) is 14.2. The third-order valence-corrected chi connectivity index (χ3v) is 4.67. The van der Waals surface area contributed by atoms with E-state index in [4.69, 9.17) is 4.98 Å². The van der Waals surface area contributed by atoms with Gasteiger partial charge in [-0.3, -0.25) is 9.48 Å². The molecule has 1 aromatic carbocycles. The lowest BCUT2D eigenvalue weighted by molar-refractivity contribution is 0.652. The lowest BCUT2D eigenvalue weighted by Crippen LogP contribution is -2.20. The van der Waals surface area contributed by atoms with Gasteiger partial charge in [-0.2, -0.15) is 4.68 Å². The monoisotopic (exact) mass is 332 g/mol. The van der Waals surface area contributed by atoms with Crippen LogP contribution < -0.4 is 5.56 Å². The Morgan fingerprint density at radius 3 is 2.72 bits per heavy atom.